The summed E-state index contributed by atoms with van der Waals surface area (Å²) in [6.45, 7) is 0.595. The largest absolute Gasteiger partial charge is 0.389 e. The molecule has 0 aliphatic heterocycles. The van der Waals surface area contributed by atoms with E-state index in [1.165, 1.54) is 12.3 Å². The minimum atomic E-state index is -0.553. The van der Waals surface area contributed by atoms with Gasteiger partial charge in [0.15, 0.2) is 0 Å². The number of nitrogens with zero attached hydrogens (tertiary/aromatic N) is 1. The van der Waals surface area contributed by atoms with Crippen LogP contribution in [0, 0.1) is 11.3 Å². The molecule has 0 saturated carbocycles. The van der Waals surface area contributed by atoms with E-state index in [1.807, 2.05) is 30.3 Å². The molecule has 0 atom stereocenters. The summed E-state index contributed by atoms with van der Waals surface area (Å²) in [4.78, 5) is 12.2. The van der Waals surface area contributed by atoms with Gasteiger partial charge in [-0.15, -0.1) is 0 Å². The Balaban J connectivity index is 1.92. The maximum Gasteiger partial charge on any atom is 0.267 e. The molecule has 0 radical (unpaired) electrons. The molecule has 7 heteroatoms. The van der Waals surface area contributed by atoms with Crippen LogP contribution < -0.4 is 10.6 Å². The lowest BCUT2D eigenvalue weighted by Gasteiger charge is -2.07. The lowest BCUT2D eigenvalue weighted by Crippen LogP contribution is -2.18. The van der Waals surface area contributed by atoms with Gasteiger partial charge in [0.1, 0.15) is 11.6 Å². The molecule has 2 N–H and O–H groups in total. The zero-order valence-electron chi connectivity index (χ0n) is 13.0. The Labute approximate surface area is 164 Å². The molecule has 0 unspecified atom stereocenters. The minimum absolute atomic E-state index is 0.0492. The van der Waals surface area contributed by atoms with E-state index in [0.717, 1.165) is 16.5 Å². The van der Waals surface area contributed by atoms with Crippen LogP contribution in [0.15, 0.2) is 58.7 Å². The molecular formula is C18H14BrCl2N3O. The zero-order valence-corrected chi connectivity index (χ0v) is 16.1. The molecule has 2 aromatic rings. The molecule has 4 nitrogen and oxygen atoms in total. The quantitative estimate of drug-likeness (QED) is 0.381. The Hall–Kier alpha value is -2.00. The highest BCUT2D eigenvalue weighted by Gasteiger charge is 2.11. The van der Waals surface area contributed by atoms with Crippen molar-refractivity contribution in [3.05, 3.63) is 74.3 Å². The van der Waals surface area contributed by atoms with Crippen molar-refractivity contribution >= 4 is 50.7 Å². The molecule has 0 bridgehead atoms. The van der Waals surface area contributed by atoms with Gasteiger partial charge in [0, 0.05) is 22.2 Å². The van der Waals surface area contributed by atoms with Crippen LogP contribution in [0.25, 0.3) is 0 Å². The predicted octanol–water partition coefficient (Wildman–Crippen LogP) is 4.93. The van der Waals surface area contributed by atoms with Gasteiger partial charge in [-0.3, -0.25) is 4.79 Å². The summed E-state index contributed by atoms with van der Waals surface area (Å²) in [7, 11) is 0. The second-order valence-corrected chi connectivity index (χ2v) is 6.84. The van der Waals surface area contributed by atoms with Gasteiger partial charge in [0.2, 0.25) is 0 Å². The summed E-state index contributed by atoms with van der Waals surface area (Å²) in [6, 6.07) is 14.5. The van der Waals surface area contributed by atoms with Crippen LogP contribution >= 0.6 is 39.1 Å². The van der Waals surface area contributed by atoms with E-state index >= 15 is 0 Å². The van der Waals surface area contributed by atoms with E-state index in [9.17, 15) is 4.79 Å². The molecule has 0 saturated heterocycles. The van der Waals surface area contributed by atoms with Crippen molar-refractivity contribution in [3.63, 3.8) is 0 Å². The van der Waals surface area contributed by atoms with Gasteiger partial charge in [-0.1, -0.05) is 51.3 Å². The first kappa shape index (κ1) is 19.3. The van der Waals surface area contributed by atoms with Gasteiger partial charge in [-0.2, -0.15) is 5.26 Å². The van der Waals surface area contributed by atoms with Gasteiger partial charge in [0.05, 0.1) is 10.7 Å². The first-order valence-electron chi connectivity index (χ1n) is 7.34. The number of halogens is 3. The molecule has 0 aliphatic rings. The molecule has 2 rings (SSSR count). The Morgan fingerprint density at radius 2 is 1.92 bits per heavy atom. The molecule has 2 aromatic carbocycles. The van der Waals surface area contributed by atoms with E-state index < -0.39 is 5.91 Å². The van der Waals surface area contributed by atoms with Crippen LogP contribution in [-0.4, -0.2) is 12.5 Å². The highest BCUT2D eigenvalue weighted by atomic mass is 79.9. The summed E-state index contributed by atoms with van der Waals surface area (Å²) in [5, 5.41) is 15.5. The molecule has 0 aromatic heterocycles. The van der Waals surface area contributed by atoms with Gasteiger partial charge >= 0.3 is 0 Å². The van der Waals surface area contributed by atoms with Crippen molar-refractivity contribution in [2.24, 2.45) is 0 Å². The molecule has 0 heterocycles. The summed E-state index contributed by atoms with van der Waals surface area (Å²) in [5.41, 5.74) is 1.46. The monoisotopic (exact) mass is 437 g/mol. The molecule has 1 amide bonds. The third kappa shape index (κ3) is 6.09. The van der Waals surface area contributed by atoms with Gasteiger partial charge < -0.3 is 10.6 Å². The summed E-state index contributed by atoms with van der Waals surface area (Å²) < 4.78 is 1.02. The van der Waals surface area contributed by atoms with Crippen LogP contribution in [0.2, 0.25) is 10.0 Å². The molecule has 128 valence electrons. The summed E-state index contributed by atoms with van der Waals surface area (Å²) >= 11 is 15.3. The van der Waals surface area contributed by atoms with Crippen LogP contribution in [0.1, 0.15) is 5.56 Å². The molecule has 0 spiro atoms. The highest BCUT2D eigenvalue weighted by molar-refractivity contribution is 9.10. The number of carbonyl (C=O) groups is 1. The van der Waals surface area contributed by atoms with Crippen molar-refractivity contribution in [1.82, 2.24) is 5.32 Å². The molecule has 25 heavy (non-hydrogen) atoms. The Morgan fingerprint density at radius 3 is 2.60 bits per heavy atom. The van der Waals surface area contributed by atoms with Crippen molar-refractivity contribution in [2.45, 2.75) is 6.42 Å². The standard InChI is InChI=1S/C18H14BrCl2N3O/c19-14-3-1-12(2-4-14)7-8-23-11-13(10-22)18(25)24-17-9-15(20)5-6-16(17)21/h1-6,9,11,23H,7-8H2,(H,24,25)/b13-11-. The van der Waals surface area contributed by atoms with Crippen LogP contribution in [0.3, 0.4) is 0 Å². The maximum atomic E-state index is 12.2. The third-order valence-corrected chi connectivity index (χ3v) is 4.35. The lowest BCUT2D eigenvalue weighted by molar-refractivity contribution is -0.112. The first-order chi connectivity index (χ1) is 12.0. The molecular weight excluding hydrogens is 425 g/mol. The number of hydrogen-bond acceptors (Lipinski definition) is 3. The number of hydrogen-bond donors (Lipinski definition) is 2. The first-order valence-corrected chi connectivity index (χ1v) is 8.89. The van der Waals surface area contributed by atoms with E-state index in [-0.39, 0.29) is 5.57 Å². The Bertz CT molecular complexity index is 829. The van der Waals surface area contributed by atoms with E-state index in [1.54, 1.807) is 12.1 Å². The average Bonchev–Trinajstić information content (AvgIpc) is 2.59. The second-order valence-electron chi connectivity index (χ2n) is 5.08. The third-order valence-electron chi connectivity index (χ3n) is 3.26. The SMILES string of the molecule is N#C/C(=C/NCCc1ccc(Br)cc1)C(=O)Nc1cc(Cl)ccc1Cl. The highest BCUT2D eigenvalue weighted by Crippen LogP contribution is 2.25. The van der Waals surface area contributed by atoms with E-state index in [0.29, 0.717) is 22.3 Å². The van der Waals surface area contributed by atoms with Crippen molar-refractivity contribution in [3.8, 4) is 6.07 Å². The summed E-state index contributed by atoms with van der Waals surface area (Å²) in [5.74, 6) is -0.553. The number of anilines is 1. The van der Waals surface area contributed by atoms with Crippen LogP contribution in [-0.2, 0) is 11.2 Å². The number of amides is 1. The van der Waals surface area contributed by atoms with Crippen LogP contribution in [0.5, 0.6) is 0 Å². The topological polar surface area (TPSA) is 64.9 Å². The number of benzene rings is 2. The van der Waals surface area contributed by atoms with Crippen molar-refractivity contribution < 1.29 is 4.79 Å². The number of nitriles is 1. The smallest absolute Gasteiger partial charge is 0.267 e. The Morgan fingerprint density at radius 1 is 1.20 bits per heavy atom. The van der Waals surface area contributed by atoms with Crippen LogP contribution in [0.4, 0.5) is 5.69 Å². The summed E-state index contributed by atoms with van der Waals surface area (Å²) in [6.07, 6.45) is 2.16. The lowest BCUT2D eigenvalue weighted by atomic mass is 10.1. The fraction of sp³-hybridized carbons (Fsp3) is 0.111. The zero-order chi connectivity index (χ0) is 18.2. The molecule has 0 aliphatic carbocycles. The Kier molecular flexibility index (Phi) is 7.32. The fourth-order valence-corrected chi connectivity index (χ4v) is 2.57. The predicted molar refractivity (Wildman–Crippen MR) is 105 cm³/mol. The maximum absolute atomic E-state index is 12.2. The van der Waals surface area contributed by atoms with E-state index in [2.05, 4.69) is 26.6 Å². The second kappa shape index (κ2) is 9.47. The van der Waals surface area contributed by atoms with Gasteiger partial charge in [0.25, 0.3) is 5.91 Å². The number of carbonyl (C=O) groups excluding carboxylic acids is 1. The number of rotatable bonds is 6. The average molecular weight is 439 g/mol. The van der Waals surface area contributed by atoms with Gasteiger partial charge in [-0.25, -0.2) is 0 Å². The van der Waals surface area contributed by atoms with Gasteiger partial charge in [-0.05, 0) is 42.3 Å². The fourth-order valence-electron chi connectivity index (χ4n) is 1.97. The normalized spacial score (nSPS) is 10.9. The van der Waals surface area contributed by atoms with E-state index in [4.69, 9.17) is 28.5 Å². The number of nitrogens with one attached hydrogen (secondary N) is 2. The van der Waals surface area contributed by atoms with Crippen molar-refractivity contribution in [2.75, 3.05) is 11.9 Å². The van der Waals surface area contributed by atoms with Crippen molar-refractivity contribution in [1.29, 1.82) is 5.26 Å². The molecule has 0 fully saturated rings. The minimum Gasteiger partial charge on any atom is -0.389 e.